The van der Waals surface area contributed by atoms with Crippen molar-refractivity contribution in [1.29, 1.82) is 0 Å². The second kappa shape index (κ2) is 24.2. The van der Waals surface area contributed by atoms with Gasteiger partial charge in [0.05, 0.1) is 60.6 Å². The normalized spacial score (nSPS) is 41.0. The summed E-state index contributed by atoms with van der Waals surface area (Å²) in [4.78, 5) is 60.3. The SMILES string of the molecule is CC[C@H]1OC(=O)[C@H](C)[C@@H](O[C@H]2C[C@@](C)(OC)[C@@H](OC(=O)CCN3CCN(C(=O)c4ccco4)CC3)[C@H](C)O2)[C@H](C)[C@@H](O[C@@H]2O[C@H](C)C[C@H](N(C)C)[C@H]2O)[C@](C)(OC)C[C@@H](C)NC(=O)[C@H](C)[C@@H](O)[C@]1(C)O. The summed E-state index contributed by atoms with van der Waals surface area (Å²) in [7, 11) is 6.78. The molecule has 1 aromatic rings. The first-order chi connectivity index (χ1) is 32.8. The quantitative estimate of drug-likeness (QED) is 0.208. The van der Waals surface area contributed by atoms with Gasteiger partial charge in [0.2, 0.25) is 5.91 Å². The highest BCUT2D eigenvalue weighted by Crippen LogP contribution is 2.41. The van der Waals surface area contributed by atoms with Crippen molar-refractivity contribution in [3.05, 3.63) is 24.2 Å². The van der Waals surface area contributed by atoms with Crippen molar-refractivity contribution >= 4 is 23.8 Å². The zero-order valence-electron chi connectivity index (χ0n) is 44.0. The van der Waals surface area contributed by atoms with E-state index >= 15 is 0 Å². The Hall–Kier alpha value is -3.28. The van der Waals surface area contributed by atoms with Crippen LogP contribution in [-0.4, -0.2) is 205 Å². The Kier molecular flexibility index (Phi) is 19.9. The fraction of sp³-hybridized carbons (Fsp3) is 0.840. The highest BCUT2D eigenvalue weighted by molar-refractivity contribution is 5.91. The molecule has 0 aliphatic carbocycles. The van der Waals surface area contributed by atoms with E-state index in [0.29, 0.717) is 39.1 Å². The van der Waals surface area contributed by atoms with Gasteiger partial charge in [-0.2, -0.15) is 0 Å². The van der Waals surface area contributed by atoms with Crippen LogP contribution in [0.25, 0.3) is 0 Å². The molecule has 0 radical (unpaired) electrons. The third kappa shape index (κ3) is 13.3. The maximum absolute atomic E-state index is 14.6. The van der Waals surface area contributed by atoms with Gasteiger partial charge in [-0.3, -0.25) is 24.1 Å². The van der Waals surface area contributed by atoms with Gasteiger partial charge in [-0.15, -0.1) is 0 Å². The van der Waals surface area contributed by atoms with E-state index in [-0.39, 0.29) is 49.5 Å². The van der Waals surface area contributed by atoms with Gasteiger partial charge in [-0.1, -0.05) is 20.8 Å². The van der Waals surface area contributed by atoms with Gasteiger partial charge < -0.3 is 72.7 Å². The lowest BCUT2D eigenvalue weighted by molar-refractivity contribution is -0.320. The first kappa shape index (κ1) is 57.6. The largest absolute Gasteiger partial charge is 0.459 e. The molecule has 18 atom stereocenters. The number of amides is 2. The minimum Gasteiger partial charge on any atom is -0.459 e. The molecule has 4 fully saturated rings. The van der Waals surface area contributed by atoms with E-state index in [1.807, 2.05) is 39.8 Å². The highest BCUT2D eigenvalue weighted by Gasteiger charge is 2.54. The molecule has 4 aliphatic rings. The first-order valence-corrected chi connectivity index (χ1v) is 25.0. The molecule has 70 heavy (non-hydrogen) atoms. The van der Waals surface area contributed by atoms with E-state index in [9.17, 15) is 34.5 Å². The van der Waals surface area contributed by atoms with E-state index in [0.717, 1.165) is 0 Å². The smallest absolute Gasteiger partial charge is 0.311 e. The summed E-state index contributed by atoms with van der Waals surface area (Å²) in [5.41, 5.74) is -4.44. The lowest BCUT2D eigenvalue weighted by Gasteiger charge is -2.50. The van der Waals surface area contributed by atoms with Gasteiger partial charge in [0, 0.05) is 71.4 Å². The minimum absolute atomic E-state index is 0.0570. The zero-order valence-corrected chi connectivity index (χ0v) is 44.0. The topological polar surface area (TPSA) is 238 Å². The molecule has 2 amide bonds. The molecular weight excluding hydrogens is 913 g/mol. The number of likely N-dealkylation sites (N-methyl/N-ethyl adjacent to an activating group) is 1. The molecule has 0 aromatic carbocycles. The molecule has 5 rings (SSSR count). The van der Waals surface area contributed by atoms with Crippen molar-refractivity contribution in [1.82, 2.24) is 20.0 Å². The predicted octanol–water partition coefficient (Wildman–Crippen LogP) is 2.73. The number of furan rings is 1. The number of hydrogen-bond acceptors (Lipinski definition) is 18. The molecule has 0 saturated carbocycles. The second-order valence-corrected chi connectivity index (χ2v) is 21.1. The lowest BCUT2D eigenvalue weighted by Crippen LogP contribution is -2.61. The number of esters is 2. The Morgan fingerprint density at radius 2 is 1.54 bits per heavy atom. The molecule has 5 heterocycles. The average Bonchev–Trinajstić information content (AvgIpc) is 3.87. The van der Waals surface area contributed by atoms with Gasteiger partial charge in [-0.25, -0.2) is 0 Å². The van der Waals surface area contributed by atoms with Gasteiger partial charge in [0.25, 0.3) is 5.91 Å². The molecule has 4 saturated heterocycles. The Bertz CT molecular complexity index is 1860. The second-order valence-electron chi connectivity index (χ2n) is 21.1. The summed E-state index contributed by atoms with van der Waals surface area (Å²) in [5.74, 6) is -4.63. The molecule has 4 N–H and O–H groups in total. The zero-order chi connectivity index (χ0) is 52.0. The number of aliphatic hydroxyl groups is 3. The third-order valence-corrected chi connectivity index (χ3v) is 15.4. The van der Waals surface area contributed by atoms with Crippen molar-refractivity contribution in [3.8, 4) is 0 Å². The third-order valence-electron chi connectivity index (χ3n) is 15.4. The molecular formula is C50H84N4O16. The van der Waals surface area contributed by atoms with Crippen LogP contribution in [0.2, 0.25) is 0 Å². The van der Waals surface area contributed by atoms with E-state index in [1.165, 1.54) is 34.3 Å². The van der Waals surface area contributed by atoms with Crippen LogP contribution in [0.3, 0.4) is 0 Å². The van der Waals surface area contributed by atoms with Crippen molar-refractivity contribution in [3.63, 3.8) is 0 Å². The van der Waals surface area contributed by atoms with Crippen LogP contribution in [0.15, 0.2) is 22.8 Å². The molecule has 0 unspecified atom stereocenters. The number of piperazine rings is 1. The standard InChI is InChI=1S/C50H84N4O16/c1-15-36-50(10,61)41(57)32(6)44(58)51-28(2)26-48(8,62-13)42(70-47-39(56)34(52(11)12)25-29(3)65-47)30(4)40(31(5)46(60)67-36)69-38-27-49(9,63-14)43(33(7)66-38)68-37(55)18-19-53-20-22-54(23-21-53)45(59)35-17-16-24-64-35/h16-17,24,28-34,36,38-43,47,56-57,61H,15,18-23,25-27H2,1-14H3,(H,51,58)/t28-,29-,30+,31-,32-,33+,34+,36-,38+,39-,40+,41-,42-,43+,47+,48-,49-,50-/m1/s1. The Morgan fingerprint density at radius 3 is 2.13 bits per heavy atom. The van der Waals surface area contributed by atoms with Crippen molar-refractivity contribution in [2.75, 3.05) is 61.0 Å². The molecule has 400 valence electrons. The average molecular weight is 997 g/mol. The lowest BCUT2D eigenvalue weighted by atomic mass is 9.78. The molecule has 1 aromatic heterocycles. The summed E-state index contributed by atoms with van der Waals surface area (Å²) < 4.78 is 56.7. The number of hydrogen-bond donors (Lipinski definition) is 4. The number of cyclic esters (lactones) is 1. The number of methoxy groups -OCH3 is 2. The number of aliphatic hydroxyl groups excluding tert-OH is 2. The van der Waals surface area contributed by atoms with Crippen molar-refractivity contribution in [2.24, 2.45) is 17.8 Å². The van der Waals surface area contributed by atoms with Crippen molar-refractivity contribution in [2.45, 2.75) is 192 Å². The Morgan fingerprint density at radius 1 is 0.900 bits per heavy atom. The van der Waals surface area contributed by atoms with Gasteiger partial charge in [-0.05, 0) is 94.0 Å². The van der Waals surface area contributed by atoms with Crippen LogP contribution in [0.5, 0.6) is 0 Å². The van der Waals surface area contributed by atoms with E-state index in [1.54, 1.807) is 51.7 Å². The Labute approximate surface area is 414 Å². The van der Waals surface area contributed by atoms with Crippen LogP contribution in [0, 0.1) is 17.8 Å². The van der Waals surface area contributed by atoms with Crippen LogP contribution < -0.4 is 5.32 Å². The minimum atomic E-state index is -2.04. The van der Waals surface area contributed by atoms with E-state index < -0.39 is 114 Å². The van der Waals surface area contributed by atoms with Crippen LogP contribution in [0.1, 0.15) is 112 Å². The number of rotatable bonds is 13. The van der Waals surface area contributed by atoms with Crippen LogP contribution in [0.4, 0.5) is 0 Å². The van der Waals surface area contributed by atoms with Gasteiger partial charge in [0.15, 0.2) is 24.4 Å². The first-order valence-electron chi connectivity index (χ1n) is 25.0. The fourth-order valence-electron chi connectivity index (χ4n) is 10.8. The van der Waals surface area contributed by atoms with Gasteiger partial charge in [0.1, 0.15) is 23.4 Å². The summed E-state index contributed by atoms with van der Waals surface area (Å²) in [5, 5.41) is 38.1. The maximum Gasteiger partial charge on any atom is 0.311 e. The summed E-state index contributed by atoms with van der Waals surface area (Å²) in [6.07, 6.45) is -7.78. The number of nitrogens with one attached hydrogen (secondary N) is 1. The fourth-order valence-corrected chi connectivity index (χ4v) is 10.8. The van der Waals surface area contributed by atoms with Crippen LogP contribution >= 0.6 is 0 Å². The predicted molar refractivity (Wildman–Crippen MR) is 254 cm³/mol. The molecule has 4 aliphatic heterocycles. The molecule has 0 bridgehead atoms. The highest BCUT2D eigenvalue weighted by atomic mass is 16.7. The molecule has 20 nitrogen and oxygen atoms in total. The van der Waals surface area contributed by atoms with Gasteiger partial charge >= 0.3 is 11.9 Å². The van der Waals surface area contributed by atoms with E-state index in [4.69, 9.17) is 42.3 Å². The monoisotopic (exact) mass is 997 g/mol. The summed E-state index contributed by atoms with van der Waals surface area (Å²) in [6.45, 7) is 19.7. The molecule has 20 heteroatoms. The Balaban J connectivity index is 1.43. The number of carbonyl (C=O) groups excluding carboxylic acids is 4. The molecule has 0 spiro atoms. The number of nitrogens with zero attached hydrogens (tertiary/aromatic N) is 3. The summed E-state index contributed by atoms with van der Waals surface area (Å²) >= 11 is 0. The van der Waals surface area contributed by atoms with Crippen molar-refractivity contribution < 1.29 is 76.8 Å². The number of carbonyl (C=O) groups is 4. The number of ether oxygens (including phenoxy) is 8. The van der Waals surface area contributed by atoms with E-state index in [2.05, 4.69) is 10.2 Å². The summed E-state index contributed by atoms with van der Waals surface area (Å²) in [6, 6.07) is 2.41. The maximum atomic E-state index is 14.6. The van der Waals surface area contributed by atoms with Crippen LogP contribution in [-0.2, 0) is 52.3 Å².